The van der Waals surface area contributed by atoms with Gasteiger partial charge < -0.3 is 4.52 Å². The van der Waals surface area contributed by atoms with Gasteiger partial charge in [0, 0.05) is 5.41 Å². The summed E-state index contributed by atoms with van der Waals surface area (Å²) < 4.78 is 4.90. The molecule has 0 radical (unpaired) electrons. The van der Waals surface area contributed by atoms with Crippen LogP contribution in [-0.4, -0.2) is 10.1 Å². The quantitative estimate of drug-likeness (QED) is 0.563. The van der Waals surface area contributed by atoms with Crippen LogP contribution in [0.25, 0.3) is 0 Å². The molecule has 1 aliphatic rings. The van der Waals surface area contributed by atoms with E-state index in [-0.39, 0.29) is 5.41 Å². The highest BCUT2D eigenvalue weighted by atomic mass is 16.5. The van der Waals surface area contributed by atoms with Crippen molar-refractivity contribution in [3.8, 4) is 0 Å². The highest BCUT2D eigenvalue weighted by Gasteiger charge is 2.43. The molecule has 0 unspecified atom stereocenters. The Labute approximate surface area is 53.1 Å². The van der Waals surface area contributed by atoms with Crippen LogP contribution < -0.4 is 0 Å². The number of nitrogens with zero attached hydrogens (tertiary/aromatic N) is 2. The summed E-state index contributed by atoms with van der Waals surface area (Å²) in [6.45, 7) is 2.14. The van der Waals surface area contributed by atoms with Crippen LogP contribution in [0.2, 0.25) is 0 Å². The average molecular weight is 124 g/mol. The van der Waals surface area contributed by atoms with E-state index < -0.39 is 0 Å². The van der Waals surface area contributed by atoms with Gasteiger partial charge in [-0.05, 0) is 12.8 Å². The van der Waals surface area contributed by atoms with Gasteiger partial charge in [-0.25, -0.2) is 0 Å². The van der Waals surface area contributed by atoms with Crippen LogP contribution in [-0.2, 0) is 5.41 Å². The smallest absolute Gasteiger partial charge is 0.232 e. The van der Waals surface area contributed by atoms with Crippen molar-refractivity contribution < 1.29 is 4.52 Å². The molecule has 0 atom stereocenters. The van der Waals surface area contributed by atoms with Crippen LogP contribution >= 0.6 is 0 Å². The largest absolute Gasteiger partial charge is 0.339 e. The van der Waals surface area contributed by atoms with Gasteiger partial charge >= 0.3 is 0 Å². The zero-order chi connectivity index (χ0) is 6.32. The highest BCUT2D eigenvalue weighted by Crippen LogP contribution is 2.46. The SMILES string of the molecule is CC1(c2ncno2)CC1. The van der Waals surface area contributed by atoms with E-state index in [0.29, 0.717) is 0 Å². The lowest BCUT2D eigenvalue weighted by molar-refractivity contribution is 0.352. The first-order valence-electron chi connectivity index (χ1n) is 3.08. The fourth-order valence-electron chi connectivity index (χ4n) is 0.840. The first-order chi connectivity index (χ1) is 4.31. The molecule has 1 heterocycles. The Morgan fingerprint density at radius 3 is 2.89 bits per heavy atom. The van der Waals surface area contributed by atoms with Crippen LogP contribution in [0, 0.1) is 0 Å². The van der Waals surface area contributed by atoms with E-state index in [1.165, 1.54) is 19.2 Å². The van der Waals surface area contributed by atoms with Gasteiger partial charge in [0.1, 0.15) is 0 Å². The molecule has 1 saturated carbocycles. The molecule has 3 nitrogen and oxygen atoms in total. The normalized spacial score (nSPS) is 21.9. The maximum Gasteiger partial charge on any atom is 0.232 e. The van der Waals surface area contributed by atoms with E-state index in [9.17, 15) is 0 Å². The molecule has 3 heteroatoms. The van der Waals surface area contributed by atoms with E-state index in [4.69, 9.17) is 4.52 Å². The van der Waals surface area contributed by atoms with Crippen LogP contribution in [0.1, 0.15) is 25.7 Å². The Balaban J connectivity index is 2.34. The fraction of sp³-hybridized carbons (Fsp3) is 0.667. The first-order valence-corrected chi connectivity index (χ1v) is 3.08. The molecule has 9 heavy (non-hydrogen) atoms. The summed E-state index contributed by atoms with van der Waals surface area (Å²) >= 11 is 0. The predicted molar refractivity (Wildman–Crippen MR) is 30.9 cm³/mol. The number of hydrogen-bond donors (Lipinski definition) is 0. The standard InChI is InChI=1S/C6H8N2O/c1-6(2-3-6)5-7-4-8-9-5/h4H,2-3H2,1H3. The maximum absolute atomic E-state index is 4.90. The van der Waals surface area contributed by atoms with Crippen LogP contribution in [0.3, 0.4) is 0 Å². The molecule has 48 valence electrons. The third-order valence-electron chi connectivity index (χ3n) is 1.88. The lowest BCUT2D eigenvalue weighted by atomic mass is 10.1. The van der Waals surface area contributed by atoms with Gasteiger partial charge in [0.25, 0.3) is 0 Å². The predicted octanol–water partition coefficient (Wildman–Crippen LogP) is 1.12. The topological polar surface area (TPSA) is 38.9 Å². The minimum atomic E-state index is 0.233. The number of rotatable bonds is 1. The molecule has 2 rings (SSSR count). The van der Waals surface area contributed by atoms with E-state index >= 15 is 0 Å². The molecular weight excluding hydrogens is 116 g/mol. The summed E-state index contributed by atoms with van der Waals surface area (Å²) in [7, 11) is 0. The Hall–Kier alpha value is -0.860. The zero-order valence-corrected chi connectivity index (χ0v) is 5.29. The van der Waals surface area contributed by atoms with Crippen molar-refractivity contribution in [2.45, 2.75) is 25.2 Å². The third kappa shape index (κ3) is 0.642. The minimum absolute atomic E-state index is 0.233. The maximum atomic E-state index is 4.90. The second kappa shape index (κ2) is 1.35. The Morgan fingerprint density at radius 2 is 2.44 bits per heavy atom. The summed E-state index contributed by atoms with van der Waals surface area (Å²) in [5.74, 6) is 0.794. The molecule has 0 spiro atoms. The highest BCUT2D eigenvalue weighted by molar-refractivity contribution is 5.10. The first kappa shape index (κ1) is 4.97. The van der Waals surface area contributed by atoms with Crippen LogP contribution in [0.5, 0.6) is 0 Å². The molecule has 0 amide bonds. The van der Waals surface area contributed by atoms with Gasteiger partial charge in [-0.15, -0.1) is 0 Å². The third-order valence-corrected chi connectivity index (χ3v) is 1.88. The van der Waals surface area contributed by atoms with Gasteiger partial charge in [0.15, 0.2) is 6.33 Å². The summed E-state index contributed by atoms with van der Waals surface area (Å²) in [5, 5.41) is 3.54. The van der Waals surface area contributed by atoms with E-state index in [0.717, 1.165) is 5.89 Å². The average Bonchev–Trinajstić information content (AvgIpc) is 2.46. The van der Waals surface area contributed by atoms with Crippen molar-refractivity contribution in [1.82, 2.24) is 10.1 Å². The molecule has 0 saturated heterocycles. The second-order valence-corrected chi connectivity index (χ2v) is 2.81. The molecule has 0 aromatic carbocycles. The van der Waals surface area contributed by atoms with Gasteiger partial charge in [-0.1, -0.05) is 12.1 Å². The molecule has 1 aromatic rings. The van der Waals surface area contributed by atoms with Crippen molar-refractivity contribution in [1.29, 1.82) is 0 Å². The zero-order valence-electron chi connectivity index (χ0n) is 5.29. The van der Waals surface area contributed by atoms with Crippen molar-refractivity contribution >= 4 is 0 Å². The van der Waals surface area contributed by atoms with Crippen molar-refractivity contribution in [2.75, 3.05) is 0 Å². The Kier molecular flexibility index (Phi) is 0.743. The van der Waals surface area contributed by atoms with E-state index in [2.05, 4.69) is 17.1 Å². The molecule has 0 bridgehead atoms. The summed E-state index contributed by atoms with van der Waals surface area (Å²) in [6.07, 6.45) is 3.84. The molecule has 1 aromatic heterocycles. The van der Waals surface area contributed by atoms with Crippen LogP contribution in [0.4, 0.5) is 0 Å². The van der Waals surface area contributed by atoms with Gasteiger partial charge in [0.05, 0.1) is 0 Å². The lowest BCUT2D eigenvalue weighted by Crippen LogP contribution is -1.98. The van der Waals surface area contributed by atoms with Crippen molar-refractivity contribution in [3.05, 3.63) is 12.2 Å². The summed E-state index contributed by atoms with van der Waals surface area (Å²) in [5.41, 5.74) is 0.233. The van der Waals surface area contributed by atoms with Gasteiger partial charge in [0.2, 0.25) is 5.89 Å². The van der Waals surface area contributed by atoms with E-state index in [1.807, 2.05) is 0 Å². The molecule has 1 fully saturated rings. The number of aromatic nitrogens is 2. The van der Waals surface area contributed by atoms with Gasteiger partial charge in [-0.2, -0.15) is 4.98 Å². The van der Waals surface area contributed by atoms with E-state index in [1.54, 1.807) is 0 Å². The van der Waals surface area contributed by atoms with Gasteiger partial charge in [-0.3, -0.25) is 0 Å². The second-order valence-electron chi connectivity index (χ2n) is 2.81. The lowest BCUT2D eigenvalue weighted by Gasteiger charge is -1.95. The Bertz CT molecular complexity index is 201. The molecule has 0 aliphatic heterocycles. The van der Waals surface area contributed by atoms with Crippen molar-refractivity contribution in [2.24, 2.45) is 0 Å². The monoisotopic (exact) mass is 124 g/mol. The summed E-state index contributed by atoms with van der Waals surface area (Å²) in [4.78, 5) is 3.97. The minimum Gasteiger partial charge on any atom is -0.339 e. The van der Waals surface area contributed by atoms with Crippen molar-refractivity contribution in [3.63, 3.8) is 0 Å². The molecule has 0 N–H and O–H groups in total. The Morgan fingerprint density at radius 1 is 1.67 bits per heavy atom. The van der Waals surface area contributed by atoms with Crippen LogP contribution in [0.15, 0.2) is 10.9 Å². The molecular formula is C6H8N2O. The number of hydrogen-bond acceptors (Lipinski definition) is 3. The summed E-state index contributed by atoms with van der Waals surface area (Å²) in [6, 6.07) is 0. The fourth-order valence-corrected chi connectivity index (χ4v) is 0.840. The molecule has 1 aliphatic carbocycles.